The van der Waals surface area contributed by atoms with Crippen LogP contribution in [0.3, 0.4) is 0 Å². The highest BCUT2D eigenvalue weighted by atomic mass is 35.5. The van der Waals surface area contributed by atoms with Gasteiger partial charge in [0.2, 0.25) is 0 Å². The van der Waals surface area contributed by atoms with Gasteiger partial charge in [-0.05, 0) is 5.57 Å². The van der Waals surface area contributed by atoms with Gasteiger partial charge in [-0.3, -0.25) is 4.99 Å². The molecule has 2 N–H and O–H groups in total. The van der Waals surface area contributed by atoms with Crippen molar-refractivity contribution in [1.29, 1.82) is 0 Å². The van der Waals surface area contributed by atoms with Crippen molar-refractivity contribution in [2.75, 3.05) is 13.2 Å². The van der Waals surface area contributed by atoms with Gasteiger partial charge in [-0.25, -0.2) is 8.78 Å². The highest BCUT2D eigenvalue weighted by Gasteiger charge is 2.21. The first-order chi connectivity index (χ1) is 6.63. The van der Waals surface area contributed by atoms with E-state index in [1.807, 2.05) is 0 Å². The van der Waals surface area contributed by atoms with E-state index in [0.717, 1.165) is 5.57 Å². The third kappa shape index (κ3) is 3.32. The Balaban J connectivity index is 2.44. The Morgan fingerprint density at radius 1 is 1.64 bits per heavy atom. The first-order valence-corrected chi connectivity index (χ1v) is 4.55. The molecule has 6 heteroatoms. The lowest BCUT2D eigenvalue weighted by Gasteiger charge is -2.20. The summed E-state index contributed by atoms with van der Waals surface area (Å²) >= 11 is 5.82. The van der Waals surface area contributed by atoms with Gasteiger partial charge in [-0.1, -0.05) is 6.08 Å². The third-order valence-corrected chi connectivity index (χ3v) is 2.00. The first-order valence-electron chi connectivity index (χ1n) is 4.11. The van der Waals surface area contributed by atoms with Crippen molar-refractivity contribution in [3.8, 4) is 0 Å². The number of rotatable bonds is 4. The largest absolute Gasteiger partial charge is 0.349 e. The van der Waals surface area contributed by atoms with Crippen LogP contribution in [-0.2, 0) is 4.74 Å². The van der Waals surface area contributed by atoms with Crippen LogP contribution in [0.5, 0.6) is 0 Å². The van der Waals surface area contributed by atoms with Crippen LogP contribution in [0.15, 0.2) is 16.6 Å². The summed E-state index contributed by atoms with van der Waals surface area (Å²) in [4.78, 5) is 3.87. The fourth-order valence-electron chi connectivity index (χ4n) is 1.01. The van der Waals surface area contributed by atoms with Crippen LogP contribution in [0.4, 0.5) is 8.78 Å². The summed E-state index contributed by atoms with van der Waals surface area (Å²) in [5, 5.41) is -0.530. The van der Waals surface area contributed by atoms with Gasteiger partial charge >= 0.3 is 0 Å². The monoisotopic (exact) mass is 224 g/mol. The Labute approximate surface area is 85.6 Å². The smallest absolute Gasteiger partial charge is 0.261 e. The second kappa shape index (κ2) is 5.38. The zero-order chi connectivity index (χ0) is 10.6. The summed E-state index contributed by atoms with van der Waals surface area (Å²) in [6.45, 7) is -0.328. The van der Waals surface area contributed by atoms with E-state index in [1.165, 1.54) is 6.21 Å². The van der Waals surface area contributed by atoms with E-state index in [9.17, 15) is 8.78 Å². The molecule has 0 fully saturated rings. The standard InChI is InChI=1S/C8H11ClF2N2O/c9-6-1-5(2-12)3-13-8(6)14-4-7(10)11/h1,3,6-8H,2,4,12H2. The molecule has 1 rings (SSSR count). The Hall–Kier alpha value is -0.520. The van der Waals surface area contributed by atoms with E-state index in [4.69, 9.17) is 22.1 Å². The van der Waals surface area contributed by atoms with Crippen molar-refractivity contribution in [2.45, 2.75) is 18.0 Å². The first kappa shape index (κ1) is 11.6. The summed E-state index contributed by atoms with van der Waals surface area (Å²) in [7, 11) is 0. The molecule has 0 amide bonds. The number of hydrogen-bond acceptors (Lipinski definition) is 3. The third-order valence-electron chi connectivity index (χ3n) is 1.66. The van der Waals surface area contributed by atoms with Gasteiger partial charge in [0.1, 0.15) is 6.61 Å². The molecule has 14 heavy (non-hydrogen) atoms. The van der Waals surface area contributed by atoms with Crippen molar-refractivity contribution >= 4 is 17.8 Å². The van der Waals surface area contributed by atoms with Crippen LogP contribution in [0.1, 0.15) is 0 Å². The molecule has 2 unspecified atom stereocenters. The minimum absolute atomic E-state index is 0.328. The zero-order valence-electron chi connectivity index (χ0n) is 7.37. The molecule has 1 aliphatic rings. The van der Waals surface area contributed by atoms with E-state index in [1.54, 1.807) is 6.08 Å². The Morgan fingerprint density at radius 2 is 2.36 bits per heavy atom. The van der Waals surface area contributed by atoms with E-state index in [0.29, 0.717) is 6.54 Å². The fourth-order valence-corrected chi connectivity index (χ4v) is 1.31. The molecule has 0 bridgehead atoms. The molecule has 0 saturated heterocycles. The van der Waals surface area contributed by atoms with E-state index in [2.05, 4.69) is 4.99 Å². The number of nitrogens with two attached hydrogens (primary N) is 1. The minimum Gasteiger partial charge on any atom is -0.349 e. The van der Waals surface area contributed by atoms with E-state index >= 15 is 0 Å². The molecule has 0 aromatic heterocycles. The van der Waals surface area contributed by atoms with Crippen molar-refractivity contribution in [3.05, 3.63) is 11.6 Å². The number of aliphatic imine (C=N–C) groups is 1. The molecule has 0 radical (unpaired) electrons. The second-order valence-corrected chi connectivity index (χ2v) is 3.29. The van der Waals surface area contributed by atoms with Crippen LogP contribution < -0.4 is 5.73 Å². The Kier molecular flexibility index (Phi) is 4.44. The normalized spacial score (nSPS) is 26.8. The lowest BCUT2D eigenvalue weighted by Crippen LogP contribution is -2.28. The number of alkyl halides is 3. The quantitative estimate of drug-likeness (QED) is 0.729. The number of nitrogens with zero attached hydrogens (tertiary/aromatic N) is 1. The SMILES string of the molecule is NCC1=CC(Cl)C(OCC(F)F)N=C1. The number of ether oxygens (including phenoxy) is 1. The lowest BCUT2D eigenvalue weighted by atomic mass is 10.2. The average Bonchev–Trinajstić information content (AvgIpc) is 2.15. The van der Waals surface area contributed by atoms with Crippen molar-refractivity contribution in [2.24, 2.45) is 10.7 Å². The van der Waals surface area contributed by atoms with Gasteiger partial charge in [0.25, 0.3) is 6.43 Å². The highest BCUT2D eigenvalue weighted by Crippen LogP contribution is 2.16. The molecule has 1 heterocycles. The predicted molar refractivity (Wildman–Crippen MR) is 51.0 cm³/mol. The maximum atomic E-state index is 11.8. The molecule has 3 nitrogen and oxygen atoms in total. The molecule has 0 saturated carbocycles. The molecule has 2 atom stereocenters. The van der Waals surface area contributed by atoms with Gasteiger partial charge in [0, 0.05) is 12.8 Å². The number of halogens is 3. The Bertz CT molecular complexity index is 245. The van der Waals surface area contributed by atoms with E-state index in [-0.39, 0.29) is 0 Å². The van der Waals surface area contributed by atoms with Gasteiger partial charge in [0.05, 0.1) is 5.38 Å². The van der Waals surface area contributed by atoms with Crippen molar-refractivity contribution in [3.63, 3.8) is 0 Å². The Morgan fingerprint density at radius 3 is 2.86 bits per heavy atom. The molecular formula is C8H11ClF2N2O. The van der Waals surface area contributed by atoms with Crippen molar-refractivity contribution in [1.82, 2.24) is 0 Å². The van der Waals surface area contributed by atoms with Crippen molar-refractivity contribution < 1.29 is 13.5 Å². The fraction of sp³-hybridized carbons (Fsp3) is 0.625. The van der Waals surface area contributed by atoms with Crippen LogP contribution in [-0.4, -0.2) is 37.4 Å². The van der Waals surface area contributed by atoms with Crippen LogP contribution in [0.2, 0.25) is 0 Å². The van der Waals surface area contributed by atoms with Crippen LogP contribution >= 0.6 is 11.6 Å². The minimum atomic E-state index is -2.51. The van der Waals surface area contributed by atoms with Gasteiger partial charge in [-0.2, -0.15) is 0 Å². The van der Waals surface area contributed by atoms with Gasteiger partial charge in [-0.15, -0.1) is 11.6 Å². The van der Waals surface area contributed by atoms with E-state index < -0.39 is 24.6 Å². The molecule has 0 aromatic rings. The average molecular weight is 225 g/mol. The summed E-state index contributed by atoms with van der Waals surface area (Å²) in [5.41, 5.74) is 6.13. The number of dihydropyridines is 1. The van der Waals surface area contributed by atoms with Gasteiger partial charge < -0.3 is 10.5 Å². The molecular weight excluding hydrogens is 214 g/mol. The topological polar surface area (TPSA) is 47.6 Å². The summed E-state index contributed by atoms with van der Waals surface area (Å²) in [5.74, 6) is 0. The summed E-state index contributed by atoms with van der Waals surface area (Å²) in [6.07, 6.45) is -0.0883. The lowest BCUT2D eigenvalue weighted by molar-refractivity contribution is -0.0183. The predicted octanol–water partition coefficient (Wildman–Crippen LogP) is 1.17. The van der Waals surface area contributed by atoms with Crippen LogP contribution in [0.25, 0.3) is 0 Å². The number of hydrogen-bond donors (Lipinski definition) is 1. The highest BCUT2D eigenvalue weighted by molar-refractivity contribution is 6.22. The molecule has 1 aliphatic heterocycles. The zero-order valence-corrected chi connectivity index (χ0v) is 8.12. The molecule has 0 aliphatic carbocycles. The van der Waals surface area contributed by atoms with Crippen LogP contribution in [0, 0.1) is 0 Å². The maximum absolute atomic E-state index is 11.8. The molecule has 80 valence electrons. The molecule has 0 spiro atoms. The molecule has 0 aromatic carbocycles. The summed E-state index contributed by atoms with van der Waals surface area (Å²) < 4.78 is 28.4. The maximum Gasteiger partial charge on any atom is 0.261 e. The summed E-state index contributed by atoms with van der Waals surface area (Å²) in [6, 6.07) is 0. The second-order valence-electron chi connectivity index (χ2n) is 2.78. The van der Waals surface area contributed by atoms with Gasteiger partial charge in [0.15, 0.2) is 6.23 Å².